The highest BCUT2D eigenvalue weighted by Crippen LogP contribution is 2.43. The fourth-order valence-corrected chi connectivity index (χ4v) is 4.40. The number of hydrogen-bond acceptors (Lipinski definition) is 5. The molecule has 1 aliphatic carbocycles. The molecule has 3 N–H and O–H groups in total. The smallest absolute Gasteiger partial charge is 0.254 e. The summed E-state index contributed by atoms with van der Waals surface area (Å²) in [7, 11) is 0. The second kappa shape index (κ2) is 7.29. The molecule has 4 rings (SSSR count). The Morgan fingerprint density at radius 2 is 2.14 bits per heavy atom. The SMILES string of the molecule is CC(C)(N)C(=O)N1CCCC2(CCc3c2nc(-c2cccnc2)[nH]c3=O)C1.Cl. The van der Waals surface area contributed by atoms with Gasteiger partial charge in [0.25, 0.3) is 5.56 Å². The Labute approximate surface area is 170 Å². The Balaban J connectivity index is 0.00000225. The van der Waals surface area contributed by atoms with Gasteiger partial charge in [0.2, 0.25) is 5.91 Å². The molecule has 1 saturated heterocycles. The number of nitrogens with two attached hydrogens (primary N) is 1. The Kier molecular flexibility index (Phi) is 5.34. The summed E-state index contributed by atoms with van der Waals surface area (Å²) >= 11 is 0. The molecule has 8 heteroatoms. The molecule has 1 amide bonds. The molecule has 2 aliphatic rings. The average molecular weight is 404 g/mol. The summed E-state index contributed by atoms with van der Waals surface area (Å²) < 4.78 is 0. The number of halogens is 1. The highest BCUT2D eigenvalue weighted by Gasteiger charge is 2.46. The minimum atomic E-state index is -0.900. The zero-order valence-corrected chi connectivity index (χ0v) is 17.0. The molecule has 1 atom stereocenters. The first-order chi connectivity index (χ1) is 12.8. The number of hydrogen-bond donors (Lipinski definition) is 2. The van der Waals surface area contributed by atoms with Crippen molar-refractivity contribution in [2.75, 3.05) is 13.1 Å². The monoisotopic (exact) mass is 403 g/mol. The lowest BCUT2D eigenvalue weighted by Gasteiger charge is -2.42. The van der Waals surface area contributed by atoms with E-state index in [0.29, 0.717) is 25.3 Å². The van der Waals surface area contributed by atoms with Crippen molar-refractivity contribution in [3.8, 4) is 11.4 Å². The van der Waals surface area contributed by atoms with Crippen LogP contribution in [0.25, 0.3) is 11.4 Å². The predicted molar refractivity (Wildman–Crippen MR) is 109 cm³/mol. The van der Waals surface area contributed by atoms with Crippen LogP contribution in [0.3, 0.4) is 0 Å². The molecule has 2 aromatic rings. The van der Waals surface area contributed by atoms with Gasteiger partial charge in [-0.2, -0.15) is 0 Å². The fraction of sp³-hybridized carbons (Fsp3) is 0.500. The standard InChI is InChI=1S/C20H25N5O2.ClH/c1-19(2,21)18(27)25-10-4-7-20(12-25)8-6-14-15(20)23-16(24-17(14)26)13-5-3-9-22-11-13;/h3,5,9,11H,4,6-8,10,12,21H2,1-2H3,(H,23,24,26);1H. The van der Waals surface area contributed by atoms with Crippen molar-refractivity contribution >= 4 is 18.3 Å². The Morgan fingerprint density at radius 1 is 1.36 bits per heavy atom. The maximum atomic E-state index is 12.7. The first-order valence-corrected chi connectivity index (χ1v) is 9.42. The Bertz CT molecular complexity index is 938. The van der Waals surface area contributed by atoms with Gasteiger partial charge in [-0.25, -0.2) is 4.98 Å². The van der Waals surface area contributed by atoms with Gasteiger partial charge in [0, 0.05) is 42.0 Å². The molecule has 0 radical (unpaired) electrons. The van der Waals surface area contributed by atoms with E-state index < -0.39 is 5.54 Å². The maximum Gasteiger partial charge on any atom is 0.254 e. The van der Waals surface area contributed by atoms with Crippen LogP contribution in [0, 0.1) is 0 Å². The van der Waals surface area contributed by atoms with Gasteiger partial charge in [0.1, 0.15) is 5.82 Å². The molecule has 0 aromatic carbocycles. The Morgan fingerprint density at radius 3 is 2.82 bits per heavy atom. The minimum Gasteiger partial charge on any atom is -0.340 e. The summed E-state index contributed by atoms with van der Waals surface area (Å²) in [6.07, 6.45) is 6.73. The number of nitrogens with zero attached hydrogens (tertiary/aromatic N) is 3. The van der Waals surface area contributed by atoms with Gasteiger partial charge in [-0.1, -0.05) is 0 Å². The normalized spacial score (nSPS) is 21.3. The van der Waals surface area contributed by atoms with E-state index in [1.54, 1.807) is 26.2 Å². The fourth-order valence-electron chi connectivity index (χ4n) is 4.40. The zero-order valence-electron chi connectivity index (χ0n) is 16.2. The molecule has 0 bridgehead atoms. The summed E-state index contributed by atoms with van der Waals surface area (Å²) in [4.78, 5) is 39.1. The average Bonchev–Trinajstić information content (AvgIpc) is 2.99. The summed E-state index contributed by atoms with van der Waals surface area (Å²) in [5, 5.41) is 0. The third-order valence-electron chi connectivity index (χ3n) is 5.72. The minimum absolute atomic E-state index is 0. The van der Waals surface area contributed by atoms with Crippen LogP contribution in [-0.4, -0.2) is 44.4 Å². The number of piperidine rings is 1. The van der Waals surface area contributed by atoms with Gasteiger partial charge in [-0.05, 0) is 51.7 Å². The molecule has 1 aliphatic heterocycles. The van der Waals surface area contributed by atoms with Gasteiger partial charge in [-0.15, -0.1) is 12.4 Å². The highest BCUT2D eigenvalue weighted by atomic mass is 35.5. The van der Waals surface area contributed by atoms with E-state index in [2.05, 4.69) is 9.97 Å². The second-order valence-electron chi connectivity index (χ2n) is 8.32. The molecule has 1 unspecified atom stereocenters. The lowest BCUT2D eigenvalue weighted by Crippen LogP contribution is -2.56. The van der Waals surface area contributed by atoms with E-state index in [1.807, 2.05) is 17.0 Å². The third-order valence-corrected chi connectivity index (χ3v) is 5.72. The number of fused-ring (bicyclic) bond motifs is 2. The highest BCUT2D eigenvalue weighted by molar-refractivity contribution is 5.85. The van der Waals surface area contributed by atoms with Crippen molar-refractivity contribution in [2.24, 2.45) is 5.73 Å². The molecule has 7 nitrogen and oxygen atoms in total. The summed E-state index contributed by atoms with van der Waals surface area (Å²) in [5.41, 5.74) is 7.18. The summed E-state index contributed by atoms with van der Waals surface area (Å²) in [5.74, 6) is 0.489. The van der Waals surface area contributed by atoms with Gasteiger partial charge >= 0.3 is 0 Å². The summed E-state index contributed by atoms with van der Waals surface area (Å²) in [6, 6.07) is 3.70. The topological polar surface area (TPSA) is 105 Å². The first kappa shape index (κ1) is 20.5. The van der Waals surface area contributed by atoms with Crippen LogP contribution in [-0.2, 0) is 16.6 Å². The summed E-state index contributed by atoms with van der Waals surface area (Å²) in [6.45, 7) is 4.75. The number of carbonyl (C=O) groups excluding carboxylic acids is 1. The van der Waals surface area contributed by atoms with Crippen molar-refractivity contribution in [1.29, 1.82) is 0 Å². The van der Waals surface area contributed by atoms with Gasteiger partial charge in [-0.3, -0.25) is 14.6 Å². The molecule has 2 aromatic heterocycles. The molecule has 1 fully saturated rings. The van der Waals surface area contributed by atoms with E-state index >= 15 is 0 Å². The molecule has 150 valence electrons. The van der Waals surface area contributed by atoms with Gasteiger partial charge in [0.05, 0.1) is 11.2 Å². The number of rotatable bonds is 2. The number of amides is 1. The van der Waals surface area contributed by atoms with E-state index in [9.17, 15) is 9.59 Å². The van der Waals surface area contributed by atoms with Crippen LogP contribution in [0.15, 0.2) is 29.3 Å². The van der Waals surface area contributed by atoms with Crippen LogP contribution in [0.4, 0.5) is 0 Å². The van der Waals surface area contributed by atoms with Crippen molar-refractivity contribution in [1.82, 2.24) is 19.9 Å². The number of aromatic amines is 1. The molecule has 1 spiro atoms. The largest absolute Gasteiger partial charge is 0.340 e. The number of aromatic nitrogens is 3. The number of nitrogens with one attached hydrogen (secondary N) is 1. The number of carbonyl (C=O) groups is 1. The van der Waals surface area contributed by atoms with Crippen molar-refractivity contribution in [3.63, 3.8) is 0 Å². The van der Waals surface area contributed by atoms with Gasteiger partial charge in [0.15, 0.2) is 0 Å². The molecular formula is C20H26ClN5O2. The second-order valence-corrected chi connectivity index (χ2v) is 8.32. The van der Waals surface area contributed by atoms with Crippen LogP contribution in [0.1, 0.15) is 44.4 Å². The first-order valence-electron chi connectivity index (χ1n) is 9.42. The predicted octanol–water partition coefficient (Wildman–Crippen LogP) is 1.80. The lowest BCUT2D eigenvalue weighted by molar-refractivity contribution is -0.138. The van der Waals surface area contributed by atoms with Crippen molar-refractivity contribution < 1.29 is 4.79 Å². The van der Waals surface area contributed by atoms with E-state index in [4.69, 9.17) is 10.7 Å². The number of pyridine rings is 1. The van der Waals surface area contributed by atoms with E-state index in [1.165, 1.54) is 0 Å². The van der Waals surface area contributed by atoms with Crippen molar-refractivity contribution in [2.45, 2.75) is 50.5 Å². The third kappa shape index (κ3) is 3.44. The van der Waals surface area contributed by atoms with Crippen LogP contribution < -0.4 is 11.3 Å². The molecule has 28 heavy (non-hydrogen) atoms. The van der Waals surface area contributed by atoms with Crippen LogP contribution in [0.2, 0.25) is 0 Å². The van der Waals surface area contributed by atoms with Crippen LogP contribution in [0.5, 0.6) is 0 Å². The van der Waals surface area contributed by atoms with Crippen molar-refractivity contribution in [3.05, 3.63) is 46.1 Å². The number of likely N-dealkylation sites (tertiary alicyclic amines) is 1. The number of H-pyrrole nitrogens is 1. The Hall–Kier alpha value is -2.25. The maximum absolute atomic E-state index is 12.7. The van der Waals surface area contributed by atoms with Gasteiger partial charge < -0.3 is 15.6 Å². The zero-order chi connectivity index (χ0) is 19.2. The molecule has 3 heterocycles. The van der Waals surface area contributed by atoms with E-state index in [-0.39, 0.29) is 29.3 Å². The lowest BCUT2D eigenvalue weighted by atomic mass is 9.77. The molecule has 0 saturated carbocycles. The molecular weight excluding hydrogens is 378 g/mol. The van der Waals surface area contributed by atoms with E-state index in [0.717, 1.165) is 36.1 Å². The quantitative estimate of drug-likeness (QED) is 0.795. The van der Waals surface area contributed by atoms with Crippen LogP contribution >= 0.6 is 12.4 Å².